The molecule has 0 saturated carbocycles. The van der Waals surface area contributed by atoms with E-state index < -0.39 is 0 Å². The van der Waals surface area contributed by atoms with Crippen molar-refractivity contribution in [3.63, 3.8) is 0 Å². The highest BCUT2D eigenvalue weighted by Crippen LogP contribution is 2.22. The molecule has 118 valence electrons. The van der Waals surface area contributed by atoms with Crippen molar-refractivity contribution in [2.24, 2.45) is 11.7 Å². The average molecular weight is 304 g/mol. The van der Waals surface area contributed by atoms with E-state index >= 15 is 0 Å². The minimum Gasteiger partial charge on any atom is -0.342 e. The minimum atomic E-state index is 0. The second-order valence-electron chi connectivity index (χ2n) is 6.28. The molecule has 2 heterocycles. The van der Waals surface area contributed by atoms with Gasteiger partial charge in [0.15, 0.2) is 0 Å². The van der Waals surface area contributed by atoms with E-state index in [4.69, 9.17) is 5.73 Å². The number of hydrogen-bond donors (Lipinski definition) is 1. The summed E-state index contributed by atoms with van der Waals surface area (Å²) in [5.41, 5.74) is 5.87. The van der Waals surface area contributed by atoms with Crippen molar-refractivity contribution in [1.82, 2.24) is 9.80 Å². The summed E-state index contributed by atoms with van der Waals surface area (Å²) >= 11 is 0. The standard InChI is InChI=1S/C15H29N3O.ClH/c1-13-6-9-18(14(10-13)11-16)12-15(19)17-7-4-2-3-5-8-17;/h13-14H,2-12,16H2,1H3;1H. The van der Waals surface area contributed by atoms with Gasteiger partial charge in [0.1, 0.15) is 0 Å². The molecule has 0 aromatic heterocycles. The van der Waals surface area contributed by atoms with E-state index in [9.17, 15) is 4.79 Å². The third kappa shape index (κ3) is 4.90. The Balaban J connectivity index is 0.00000200. The van der Waals surface area contributed by atoms with Gasteiger partial charge in [-0.1, -0.05) is 19.8 Å². The van der Waals surface area contributed by atoms with E-state index in [2.05, 4.69) is 16.7 Å². The first-order valence-electron chi connectivity index (χ1n) is 7.92. The molecule has 5 heteroatoms. The van der Waals surface area contributed by atoms with Crippen molar-refractivity contribution in [2.75, 3.05) is 32.7 Å². The van der Waals surface area contributed by atoms with E-state index in [0.717, 1.165) is 32.0 Å². The number of piperidine rings is 1. The highest BCUT2D eigenvalue weighted by molar-refractivity contribution is 5.85. The quantitative estimate of drug-likeness (QED) is 0.866. The molecule has 2 aliphatic rings. The number of carbonyl (C=O) groups is 1. The fourth-order valence-corrected chi connectivity index (χ4v) is 3.35. The minimum absolute atomic E-state index is 0. The predicted molar refractivity (Wildman–Crippen MR) is 85.1 cm³/mol. The van der Waals surface area contributed by atoms with Crippen LogP contribution in [-0.2, 0) is 4.79 Å². The number of hydrogen-bond acceptors (Lipinski definition) is 3. The largest absolute Gasteiger partial charge is 0.342 e. The molecule has 4 nitrogen and oxygen atoms in total. The molecule has 0 aromatic rings. The van der Waals surface area contributed by atoms with Crippen molar-refractivity contribution in [3.05, 3.63) is 0 Å². The van der Waals surface area contributed by atoms with Gasteiger partial charge in [0.2, 0.25) is 5.91 Å². The molecule has 0 aliphatic carbocycles. The smallest absolute Gasteiger partial charge is 0.236 e. The number of amides is 1. The van der Waals surface area contributed by atoms with E-state index in [1.807, 2.05) is 0 Å². The van der Waals surface area contributed by atoms with Gasteiger partial charge in [-0.15, -0.1) is 12.4 Å². The van der Waals surface area contributed by atoms with Crippen LogP contribution in [0.4, 0.5) is 0 Å². The fourth-order valence-electron chi connectivity index (χ4n) is 3.35. The number of likely N-dealkylation sites (tertiary alicyclic amines) is 2. The molecule has 0 aromatic carbocycles. The van der Waals surface area contributed by atoms with Crippen LogP contribution in [0.1, 0.15) is 45.4 Å². The number of carbonyl (C=O) groups excluding carboxylic acids is 1. The molecule has 2 N–H and O–H groups in total. The van der Waals surface area contributed by atoms with E-state index in [0.29, 0.717) is 25.0 Å². The maximum Gasteiger partial charge on any atom is 0.236 e. The summed E-state index contributed by atoms with van der Waals surface area (Å²) < 4.78 is 0. The van der Waals surface area contributed by atoms with Gasteiger partial charge in [0.05, 0.1) is 6.54 Å². The summed E-state index contributed by atoms with van der Waals surface area (Å²) in [5, 5.41) is 0. The van der Waals surface area contributed by atoms with Crippen LogP contribution in [0.15, 0.2) is 0 Å². The van der Waals surface area contributed by atoms with Crippen molar-refractivity contribution in [2.45, 2.75) is 51.5 Å². The van der Waals surface area contributed by atoms with Crippen LogP contribution < -0.4 is 5.73 Å². The SMILES string of the molecule is CC1CCN(CC(=O)N2CCCCCC2)C(CN)C1.Cl. The van der Waals surface area contributed by atoms with Crippen molar-refractivity contribution in [3.8, 4) is 0 Å². The molecule has 2 saturated heterocycles. The van der Waals surface area contributed by atoms with Gasteiger partial charge in [-0.2, -0.15) is 0 Å². The zero-order valence-corrected chi connectivity index (χ0v) is 13.5. The van der Waals surface area contributed by atoms with Crippen LogP contribution in [0.5, 0.6) is 0 Å². The number of nitrogens with zero attached hydrogens (tertiary/aromatic N) is 2. The zero-order chi connectivity index (χ0) is 13.7. The fraction of sp³-hybridized carbons (Fsp3) is 0.933. The average Bonchev–Trinajstić information content (AvgIpc) is 2.69. The Morgan fingerprint density at radius 3 is 2.40 bits per heavy atom. The Labute approximate surface area is 129 Å². The van der Waals surface area contributed by atoms with Gasteiger partial charge in [-0.05, 0) is 38.1 Å². The first kappa shape index (κ1) is 17.7. The molecule has 2 rings (SSSR count). The van der Waals surface area contributed by atoms with Gasteiger partial charge in [-0.25, -0.2) is 0 Å². The van der Waals surface area contributed by atoms with Crippen molar-refractivity contribution < 1.29 is 4.79 Å². The normalized spacial score (nSPS) is 28.6. The summed E-state index contributed by atoms with van der Waals surface area (Å²) in [6.07, 6.45) is 7.23. The molecule has 0 radical (unpaired) electrons. The molecular weight excluding hydrogens is 274 g/mol. The Morgan fingerprint density at radius 2 is 1.80 bits per heavy atom. The van der Waals surface area contributed by atoms with Crippen LogP contribution in [0.2, 0.25) is 0 Å². The topological polar surface area (TPSA) is 49.6 Å². The lowest BCUT2D eigenvalue weighted by molar-refractivity contribution is -0.133. The summed E-state index contributed by atoms with van der Waals surface area (Å²) in [6, 6.07) is 0.402. The molecule has 0 bridgehead atoms. The van der Waals surface area contributed by atoms with Crippen LogP contribution in [0.25, 0.3) is 0 Å². The summed E-state index contributed by atoms with van der Waals surface area (Å²) in [7, 11) is 0. The van der Waals surface area contributed by atoms with Crippen LogP contribution in [-0.4, -0.2) is 54.5 Å². The van der Waals surface area contributed by atoms with Crippen LogP contribution >= 0.6 is 12.4 Å². The highest BCUT2D eigenvalue weighted by atomic mass is 35.5. The first-order chi connectivity index (χ1) is 9.20. The molecule has 2 aliphatic heterocycles. The Kier molecular flexibility index (Phi) is 7.85. The van der Waals surface area contributed by atoms with Gasteiger partial charge >= 0.3 is 0 Å². The van der Waals surface area contributed by atoms with Gasteiger partial charge < -0.3 is 10.6 Å². The zero-order valence-electron chi connectivity index (χ0n) is 12.7. The molecule has 2 atom stereocenters. The molecule has 1 amide bonds. The van der Waals surface area contributed by atoms with E-state index in [1.165, 1.54) is 32.1 Å². The Hall–Kier alpha value is -0.320. The summed E-state index contributed by atoms with van der Waals surface area (Å²) in [4.78, 5) is 16.8. The Morgan fingerprint density at radius 1 is 1.15 bits per heavy atom. The lowest BCUT2D eigenvalue weighted by atomic mass is 9.92. The molecular formula is C15H30ClN3O. The Bertz CT molecular complexity index is 293. The van der Waals surface area contributed by atoms with E-state index in [1.54, 1.807) is 0 Å². The first-order valence-corrected chi connectivity index (χ1v) is 7.92. The molecule has 0 spiro atoms. The number of halogens is 1. The lowest BCUT2D eigenvalue weighted by Gasteiger charge is -2.38. The maximum absolute atomic E-state index is 12.4. The third-order valence-corrected chi connectivity index (χ3v) is 4.67. The van der Waals surface area contributed by atoms with Crippen molar-refractivity contribution >= 4 is 18.3 Å². The third-order valence-electron chi connectivity index (χ3n) is 4.67. The van der Waals surface area contributed by atoms with Gasteiger partial charge in [0, 0.05) is 25.7 Å². The predicted octanol–water partition coefficient (Wildman–Crippen LogP) is 1.87. The summed E-state index contributed by atoms with van der Waals surface area (Å²) in [6.45, 7) is 6.48. The number of rotatable bonds is 3. The second-order valence-corrected chi connectivity index (χ2v) is 6.28. The molecule has 20 heavy (non-hydrogen) atoms. The summed E-state index contributed by atoms with van der Waals surface area (Å²) in [5.74, 6) is 1.06. The van der Waals surface area contributed by atoms with Crippen LogP contribution in [0, 0.1) is 5.92 Å². The second kappa shape index (κ2) is 8.85. The highest BCUT2D eigenvalue weighted by Gasteiger charge is 2.28. The maximum atomic E-state index is 12.4. The van der Waals surface area contributed by atoms with E-state index in [-0.39, 0.29) is 12.4 Å². The van der Waals surface area contributed by atoms with Gasteiger partial charge in [0.25, 0.3) is 0 Å². The lowest BCUT2D eigenvalue weighted by Crippen LogP contribution is -2.50. The number of nitrogens with two attached hydrogens (primary N) is 1. The molecule has 2 unspecified atom stereocenters. The monoisotopic (exact) mass is 303 g/mol. The van der Waals surface area contributed by atoms with Crippen LogP contribution in [0.3, 0.4) is 0 Å². The van der Waals surface area contributed by atoms with Gasteiger partial charge in [-0.3, -0.25) is 9.69 Å². The molecule has 2 fully saturated rings. The van der Waals surface area contributed by atoms with Crippen molar-refractivity contribution in [1.29, 1.82) is 0 Å².